The number of likely N-dealkylation sites (N-methyl/N-ethyl adjacent to an activating group) is 1. The number of thiazole rings is 1. The fourth-order valence-corrected chi connectivity index (χ4v) is 3.94. The van der Waals surface area contributed by atoms with Crippen molar-refractivity contribution in [2.45, 2.75) is 32.0 Å². The van der Waals surface area contributed by atoms with Gasteiger partial charge in [0.25, 0.3) is 0 Å². The van der Waals surface area contributed by atoms with Crippen molar-refractivity contribution < 1.29 is 14.6 Å². The molecule has 7 heteroatoms. The lowest BCUT2D eigenvalue weighted by Gasteiger charge is -2.35. The van der Waals surface area contributed by atoms with Gasteiger partial charge in [-0.2, -0.15) is 0 Å². The number of nitrogens with zero attached hydrogens (tertiary/aromatic N) is 3. The number of carboxylic acids is 1. The minimum absolute atomic E-state index is 0.113. The van der Waals surface area contributed by atoms with E-state index in [1.54, 1.807) is 11.3 Å². The van der Waals surface area contributed by atoms with Crippen molar-refractivity contribution in [2.75, 3.05) is 26.7 Å². The first-order valence-electron chi connectivity index (χ1n) is 8.85. The van der Waals surface area contributed by atoms with Crippen LogP contribution in [0.2, 0.25) is 0 Å². The summed E-state index contributed by atoms with van der Waals surface area (Å²) in [5, 5.41) is 12.0. The summed E-state index contributed by atoms with van der Waals surface area (Å²) in [5.41, 5.74) is 1.08. The second kappa shape index (κ2) is 9.12. The number of aromatic nitrogens is 1. The molecule has 6 nitrogen and oxygen atoms in total. The number of benzene rings is 1. The van der Waals surface area contributed by atoms with Crippen LogP contribution >= 0.6 is 11.3 Å². The van der Waals surface area contributed by atoms with Gasteiger partial charge in [-0.05, 0) is 32.0 Å². The van der Waals surface area contributed by atoms with Gasteiger partial charge in [-0.1, -0.05) is 18.2 Å². The van der Waals surface area contributed by atoms with Gasteiger partial charge in [0.2, 0.25) is 0 Å². The zero-order valence-electron chi connectivity index (χ0n) is 15.0. The van der Waals surface area contributed by atoms with Crippen molar-refractivity contribution in [3.8, 4) is 5.75 Å². The molecule has 0 atom stereocenters. The highest BCUT2D eigenvalue weighted by atomic mass is 32.1. The molecule has 0 spiro atoms. The molecule has 1 saturated heterocycles. The Kier molecular flexibility index (Phi) is 6.60. The van der Waals surface area contributed by atoms with Crippen LogP contribution in [0.4, 0.5) is 0 Å². The molecule has 2 heterocycles. The largest absolute Gasteiger partial charge is 0.486 e. The number of rotatable bonds is 8. The number of hydrogen-bond donors (Lipinski definition) is 1. The van der Waals surface area contributed by atoms with Gasteiger partial charge in [-0.3, -0.25) is 14.6 Å². The van der Waals surface area contributed by atoms with E-state index < -0.39 is 5.97 Å². The molecule has 0 aliphatic carbocycles. The van der Waals surface area contributed by atoms with Crippen molar-refractivity contribution in [1.29, 1.82) is 0 Å². The normalized spacial score (nSPS) is 16.1. The summed E-state index contributed by atoms with van der Waals surface area (Å²) in [6.07, 6.45) is 2.00. The SMILES string of the molecule is CN(CC(=O)O)C1CCN(Cc2csc(COc3ccccc3)n2)CC1. The van der Waals surface area contributed by atoms with Crippen molar-refractivity contribution in [3.05, 3.63) is 46.4 Å². The summed E-state index contributed by atoms with van der Waals surface area (Å²) in [6.45, 7) is 3.40. The maximum absolute atomic E-state index is 10.8. The Morgan fingerprint density at radius 3 is 2.77 bits per heavy atom. The lowest BCUT2D eigenvalue weighted by Crippen LogP contribution is -2.44. The standard InChI is InChI=1S/C19H25N3O3S/c1-21(12-19(23)24)16-7-9-22(10-8-16)11-15-14-26-18(20-15)13-25-17-5-3-2-4-6-17/h2-6,14,16H,7-13H2,1H3,(H,23,24). The van der Waals surface area contributed by atoms with Gasteiger partial charge >= 0.3 is 5.97 Å². The minimum Gasteiger partial charge on any atom is -0.486 e. The maximum Gasteiger partial charge on any atom is 0.317 e. The monoisotopic (exact) mass is 375 g/mol. The molecule has 0 unspecified atom stereocenters. The average molecular weight is 375 g/mol. The fourth-order valence-electron chi connectivity index (χ4n) is 3.24. The molecule has 1 aromatic carbocycles. The second-order valence-electron chi connectivity index (χ2n) is 6.65. The van der Waals surface area contributed by atoms with Gasteiger partial charge in [0, 0.05) is 31.1 Å². The van der Waals surface area contributed by atoms with Gasteiger partial charge in [0.15, 0.2) is 0 Å². The molecule has 1 aromatic heterocycles. The third-order valence-electron chi connectivity index (χ3n) is 4.66. The van der Waals surface area contributed by atoms with E-state index in [1.165, 1.54) is 0 Å². The number of ether oxygens (including phenoxy) is 1. The molecule has 26 heavy (non-hydrogen) atoms. The number of aliphatic carboxylic acids is 1. The molecule has 0 amide bonds. The molecule has 0 radical (unpaired) electrons. The summed E-state index contributed by atoms with van der Waals surface area (Å²) < 4.78 is 5.75. The molecule has 0 bridgehead atoms. The fraction of sp³-hybridized carbons (Fsp3) is 0.474. The van der Waals surface area contributed by atoms with E-state index in [2.05, 4.69) is 15.3 Å². The molecule has 3 rings (SSSR count). The Morgan fingerprint density at radius 1 is 1.35 bits per heavy atom. The molecule has 1 fully saturated rings. The van der Waals surface area contributed by atoms with Crippen molar-refractivity contribution >= 4 is 17.3 Å². The van der Waals surface area contributed by atoms with Crippen LogP contribution in [0.1, 0.15) is 23.5 Å². The van der Waals surface area contributed by atoms with E-state index in [-0.39, 0.29) is 6.54 Å². The molecule has 1 aliphatic rings. The van der Waals surface area contributed by atoms with Crippen LogP contribution in [-0.2, 0) is 17.9 Å². The van der Waals surface area contributed by atoms with Gasteiger partial charge in [0.1, 0.15) is 17.4 Å². The van der Waals surface area contributed by atoms with E-state index in [1.807, 2.05) is 42.3 Å². The Morgan fingerprint density at radius 2 is 2.08 bits per heavy atom. The van der Waals surface area contributed by atoms with Gasteiger partial charge in [-0.25, -0.2) is 4.98 Å². The van der Waals surface area contributed by atoms with Crippen LogP contribution in [0.5, 0.6) is 5.75 Å². The quantitative estimate of drug-likeness (QED) is 0.765. The molecule has 0 saturated carbocycles. The topological polar surface area (TPSA) is 65.9 Å². The van der Waals surface area contributed by atoms with E-state index in [9.17, 15) is 4.79 Å². The number of carboxylic acid groups (broad SMARTS) is 1. The van der Waals surface area contributed by atoms with Crippen LogP contribution < -0.4 is 4.74 Å². The number of piperidine rings is 1. The molecule has 1 N–H and O–H groups in total. The summed E-state index contributed by atoms with van der Waals surface area (Å²) in [4.78, 5) is 19.8. The van der Waals surface area contributed by atoms with Crippen molar-refractivity contribution in [2.24, 2.45) is 0 Å². The highest BCUT2D eigenvalue weighted by Gasteiger charge is 2.23. The zero-order valence-corrected chi connectivity index (χ0v) is 15.8. The summed E-state index contributed by atoms with van der Waals surface area (Å²) >= 11 is 1.63. The molecular weight excluding hydrogens is 350 g/mol. The Hall–Kier alpha value is -1.96. The summed E-state index contributed by atoms with van der Waals surface area (Å²) in [7, 11) is 1.90. The smallest absolute Gasteiger partial charge is 0.317 e. The molecule has 140 valence electrons. The number of hydrogen-bond acceptors (Lipinski definition) is 6. The first-order valence-corrected chi connectivity index (χ1v) is 9.73. The highest BCUT2D eigenvalue weighted by Crippen LogP contribution is 2.19. The van der Waals surface area contributed by atoms with Crippen LogP contribution in [0.25, 0.3) is 0 Å². The first-order chi connectivity index (χ1) is 12.6. The van der Waals surface area contributed by atoms with Gasteiger partial charge in [0.05, 0.1) is 12.2 Å². The van der Waals surface area contributed by atoms with Crippen LogP contribution in [0.3, 0.4) is 0 Å². The summed E-state index contributed by atoms with van der Waals surface area (Å²) in [6, 6.07) is 10.1. The van der Waals surface area contributed by atoms with E-state index in [0.29, 0.717) is 12.6 Å². The van der Waals surface area contributed by atoms with Gasteiger partial charge < -0.3 is 9.84 Å². The van der Waals surface area contributed by atoms with Crippen LogP contribution in [0, 0.1) is 0 Å². The molecule has 2 aromatic rings. The van der Waals surface area contributed by atoms with Crippen molar-refractivity contribution in [3.63, 3.8) is 0 Å². The molecular formula is C19H25N3O3S. The third kappa shape index (κ3) is 5.52. The number of likely N-dealkylation sites (tertiary alicyclic amines) is 1. The predicted octanol–water partition coefficient (Wildman–Crippen LogP) is 2.70. The van der Waals surface area contributed by atoms with E-state index in [4.69, 9.17) is 9.84 Å². The lowest BCUT2D eigenvalue weighted by molar-refractivity contribution is -0.138. The lowest BCUT2D eigenvalue weighted by atomic mass is 10.0. The molecule has 1 aliphatic heterocycles. The van der Waals surface area contributed by atoms with E-state index >= 15 is 0 Å². The Balaban J connectivity index is 1.43. The average Bonchev–Trinajstić information content (AvgIpc) is 3.08. The van der Waals surface area contributed by atoms with E-state index in [0.717, 1.165) is 48.9 Å². The van der Waals surface area contributed by atoms with Crippen LogP contribution in [-0.4, -0.2) is 58.6 Å². The van der Waals surface area contributed by atoms with Crippen LogP contribution in [0.15, 0.2) is 35.7 Å². The van der Waals surface area contributed by atoms with Crippen molar-refractivity contribution in [1.82, 2.24) is 14.8 Å². The number of para-hydroxylation sites is 1. The second-order valence-corrected chi connectivity index (χ2v) is 7.59. The first kappa shape index (κ1) is 18.8. The van der Waals surface area contributed by atoms with Gasteiger partial charge in [-0.15, -0.1) is 11.3 Å². The zero-order chi connectivity index (χ0) is 18.4. The summed E-state index contributed by atoms with van der Waals surface area (Å²) in [5.74, 6) is 0.0967. The maximum atomic E-state index is 10.8. The Labute approximate surface area is 158 Å². The third-order valence-corrected chi connectivity index (χ3v) is 5.53. The number of carbonyl (C=O) groups is 1. The Bertz CT molecular complexity index is 699. The highest BCUT2D eigenvalue weighted by molar-refractivity contribution is 7.09. The predicted molar refractivity (Wildman–Crippen MR) is 101 cm³/mol. The minimum atomic E-state index is -0.761.